The van der Waals surface area contributed by atoms with Crippen LogP contribution in [-0.2, 0) is 11.3 Å². The monoisotopic (exact) mass is 448 g/mol. The van der Waals surface area contributed by atoms with Crippen LogP contribution in [0.4, 0.5) is 0 Å². The highest BCUT2D eigenvalue weighted by Crippen LogP contribution is 2.18. The van der Waals surface area contributed by atoms with Gasteiger partial charge in [-0.1, -0.05) is 32.0 Å². The Hall–Kier alpha value is -3.61. The van der Waals surface area contributed by atoms with Crippen molar-refractivity contribution < 1.29 is 14.3 Å². The molecule has 0 aliphatic heterocycles. The molecular formula is C26H32N4O3. The van der Waals surface area contributed by atoms with E-state index < -0.39 is 6.04 Å². The van der Waals surface area contributed by atoms with Gasteiger partial charge in [0.1, 0.15) is 11.8 Å². The molecule has 0 aliphatic carbocycles. The minimum absolute atomic E-state index is 0.0779. The zero-order chi connectivity index (χ0) is 24.0. The average Bonchev–Trinajstić information content (AvgIpc) is 3.10. The van der Waals surface area contributed by atoms with Crippen LogP contribution in [0, 0.1) is 19.8 Å². The first kappa shape index (κ1) is 24.0. The number of amides is 2. The molecule has 174 valence electrons. The van der Waals surface area contributed by atoms with Gasteiger partial charge in [-0.3, -0.25) is 9.59 Å². The van der Waals surface area contributed by atoms with Gasteiger partial charge < -0.3 is 15.4 Å². The Balaban J connectivity index is 1.67. The normalized spacial score (nSPS) is 11.8. The summed E-state index contributed by atoms with van der Waals surface area (Å²) in [5.74, 6) is 0.103. The SMILES string of the molecule is CCOc1ccc(C(=O)NC(C(=O)NCc2c(C)nn(-c3ccccc3)c2C)C(C)C)cc1. The lowest BCUT2D eigenvalue weighted by molar-refractivity contribution is -0.124. The molecule has 3 rings (SSSR count). The first-order valence-electron chi connectivity index (χ1n) is 11.2. The lowest BCUT2D eigenvalue weighted by atomic mass is 10.0. The predicted molar refractivity (Wildman–Crippen MR) is 129 cm³/mol. The minimum atomic E-state index is -0.658. The van der Waals surface area contributed by atoms with Crippen molar-refractivity contribution in [2.24, 2.45) is 5.92 Å². The van der Waals surface area contributed by atoms with Gasteiger partial charge in [0.05, 0.1) is 18.0 Å². The molecule has 1 aromatic heterocycles. The smallest absolute Gasteiger partial charge is 0.251 e. The maximum absolute atomic E-state index is 13.0. The third-order valence-corrected chi connectivity index (χ3v) is 5.54. The summed E-state index contributed by atoms with van der Waals surface area (Å²) in [6.07, 6.45) is 0. The molecule has 0 spiro atoms. The Kier molecular flexibility index (Phi) is 7.87. The number of nitrogens with zero attached hydrogens (tertiary/aromatic N) is 2. The number of hydrogen-bond donors (Lipinski definition) is 2. The summed E-state index contributed by atoms with van der Waals surface area (Å²) in [5.41, 5.74) is 4.24. The number of aromatic nitrogens is 2. The van der Waals surface area contributed by atoms with Crippen molar-refractivity contribution in [1.82, 2.24) is 20.4 Å². The second-order valence-electron chi connectivity index (χ2n) is 8.27. The minimum Gasteiger partial charge on any atom is -0.494 e. The maximum Gasteiger partial charge on any atom is 0.251 e. The van der Waals surface area contributed by atoms with Crippen molar-refractivity contribution in [2.45, 2.75) is 47.2 Å². The number of aryl methyl sites for hydroxylation is 1. The lowest BCUT2D eigenvalue weighted by Gasteiger charge is -2.22. The Morgan fingerprint density at radius 2 is 1.70 bits per heavy atom. The average molecular weight is 449 g/mol. The van der Waals surface area contributed by atoms with Gasteiger partial charge in [-0.25, -0.2) is 4.68 Å². The van der Waals surface area contributed by atoms with Gasteiger partial charge in [-0.05, 0) is 63.1 Å². The lowest BCUT2D eigenvalue weighted by Crippen LogP contribution is -2.49. The maximum atomic E-state index is 13.0. The third kappa shape index (κ3) is 5.80. The van der Waals surface area contributed by atoms with Crippen LogP contribution >= 0.6 is 0 Å². The van der Waals surface area contributed by atoms with Gasteiger partial charge in [-0.15, -0.1) is 0 Å². The molecule has 7 nitrogen and oxygen atoms in total. The van der Waals surface area contributed by atoms with E-state index in [1.807, 2.05) is 69.6 Å². The first-order valence-corrected chi connectivity index (χ1v) is 11.2. The number of rotatable bonds is 9. The Bertz CT molecular complexity index is 1090. The molecule has 0 saturated heterocycles. The van der Waals surface area contributed by atoms with Gasteiger partial charge >= 0.3 is 0 Å². The van der Waals surface area contributed by atoms with Crippen LogP contribution in [0.2, 0.25) is 0 Å². The van der Waals surface area contributed by atoms with Crippen LogP contribution in [0.3, 0.4) is 0 Å². The summed E-state index contributed by atoms with van der Waals surface area (Å²) < 4.78 is 7.30. The van der Waals surface area contributed by atoms with E-state index in [0.717, 1.165) is 22.6 Å². The number of carbonyl (C=O) groups excluding carboxylic acids is 2. The van der Waals surface area contributed by atoms with Crippen molar-refractivity contribution in [3.8, 4) is 11.4 Å². The van der Waals surface area contributed by atoms with Crippen LogP contribution in [-0.4, -0.2) is 34.2 Å². The second-order valence-corrected chi connectivity index (χ2v) is 8.27. The van der Waals surface area contributed by atoms with Gasteiger partial charge in [0.15, 0.2) is 0 Å². The molecule has 7 heteroatoms. The molecule has 1 heterocycles. The Morgan fingerprint density at radius 1 is 1.03 bits per heavy atom. The zero-order valence-corrected chi connectivity index (χ0v) is 19.9. The standard InChI is InChI=1S/C26H32N4O3/c1-6-33-22-14-12-20(13-15-22)25(31)28-24(17(2)3)26(32)27-16-23-18(4)29-30(19(23)5)21-10-8-7-9-11-21/h7-15,17,24H,6,16H2,1-5H3,(H,27,32)(H,28,31). The molecule has 0 bridgehead atoms. The van der Waals surface area contributed by atoms with Gasteiger partial charge in [0.25, 0.3) is 5.91 Å². The van der Waals surface area contributed by atoms with Crippen molar-refractivity contribution >= 4 is 11.8 Å². The molecule has 2 amide bonds. The van der Waals surface area contributed by atoms with Crippen molar-refractivity contribution in [2.75, 3.05) is 6.61 Å². The highest BCUT2D eigenvalue weighted by atomic mass is 16.5. The summed E-state index contributed by atoms with van der Waals surface area (Å²) in [6.45, 7) is 10.5. The van der Waals surface area contributed by atoms with Crippen LogP contribution < -0.4 is 15.4 Å². The molecule has 2 N–H and O–H groups in total. The van der Waals surface area contributed by atoms with Crippen LogP contribution in [0.1, 0.15) is 48.1 Å². The van der Waals surface area contributed by atoms with E-state index in [2.05, 4.69) is 15.7 Å². The summed E-state index contributed by atoms with van der Waals surface area (Å²) in [5, 5.41) is 10.5. The highest BCUT2D eigenvalue weighted by molar-refractivity contribution is 5.97. The van der Waals surface area contributed by atoms with Crippen molar-refractivity contribution in [3.05, 3.63) is 77.1 Å². The van der Waals surface area contributed by atoms with Crippen LogP contribution in [0.15, 0.2) is 54.6 Å². The first-order chi connectivity index (χ1) is 15.8. The van der Waals surface area contributed by atoms with E-state index in [1.54, 1.807) is 24.3 Å². The van der Waals surface area contributed by atoms with Crippen molar-refractivity contribution in [3.63, 3.8) is 0 Å². The fraction of sp³-hybridized carbons (Fsp3) is 0.346. The molecule has 1 unspecified atom stereocenters. The largest absolute Gasteiger partial charge is 0.494 e. The van der Waals surface area contributed by atoms with Crippen LogP contribution in [0.25, 0.3) is 5.69 Å². The van der Waals surface area contributed by atoms with E-state index >= 15 is 0 Å². The number of ether oxygens (including phenoxy) is 1. The number of carbonyl (C=O) groups is 2. The van der Waals surface area contributed by atoms with Crippen molar-refractivity contribution in [1.29, 1.82) is 0 Å². The Morgan fingerprint density at radius 3 is 2.30 bits per heavy atom. The topological polar surface area (TPSA) is 85.2 Å². The van der Waals surface area contributed by atoms with Gasteiger partial charge in [0, 0.05) is 23.4 Å². The molecule has 0 radical (unpaired) electrons. The second kappa shape index (κ2) is 10.8. The number of nitrogens with one attached hydrogen (secondary N) is 2. The third-order valence-electron chi connectivity index (χ3n) is 5.54. The van der Waals surface area contributed by atoms with E-state index in [0.29, 0.717) is 24.5 Å². The fourth-order valence-corrected chi connectivity index (χ4v) is 3.67. The van der Waals surface area contributed by atoms with Crippen LogP contribution in [0.5, 0.6) is 5.75 Å². The molecular weight excluding hydrogens is 416 g/mol. The molecule has 1 atom stereocenters. The summed E-state index contributed by atoms with van der Waals surface area (Å²) >= 11 is 0. The van der Waals surface area contributed by atoms with E-state index in [4.69, 9.17) is 4.74 Å². The van der Waals surface area contributed by atoms with Gasteiger partial charge in [0.2, 0.25) is 5.91 Å². The predicted octanol–water partition coefficient (Wildman–Crippen LogP) is 3.96. The quantitative estimate of drug-likeness (QED) is 0.519. The number of benzene rings is 2. The molecule has 0 fully saturated rings. The highest BCUT2D eigenvalue weighted by Gasteiger charge is 2.25. The number of para-hydroxylation sites is 1. The molecule has 3 aromatic rings. The fourth-order valence-electron chi connectivity index (χ4n) is 3.67. The van der Waals surface area contributed by atoms with Gasteiger partial charge in [-0.2, -0.15) is 5.10 Å². The molecule has 2 aromatic carbocycles. The number of hydrogen-bond acceptors (Lipinski definition) is 4. The van der Waals surface area contributed by atoms with E-state index in [-0.39, 0.29) is 17.7 Å². The molecule has 33 heavy (non-hydrogen) atoms. The summed E-state index contributed by atoms with van der Waals surface area (Å²) in [7, 11) is 0. The Labute approximate surface area is 195 Å². The van der Waals surface area contributed by atoms with E-state index in [1.165, 1.54) is 0 Å². The zero-order valence-electron chi connectivity index (χ0n) is 19.9. The van der Waals surface area contributed by atoms with E-state index in [9.17, 15) is 9.59 Å². The summed E-state index contributed by atoms with van der Waals surface area (Å²) in [4.78, 5) is 25.7. The molecule has 0 aliphatic rings. The summed E-state index contributed by atoms with van der Waals surface area (Å²) in [6, 6.07) is 16.1. The molecule has 0 saturated carbocycles.